The van der Waals surface area contributed by atoms with Crippen LogP contribution in [-0.2, 0) is 0 Å². The van der Waals surface area contributed by atoms with Crippen LogP contribution in [0, 0.1) is 5.82 Å². The van der Waals surface area contributed by atoms with Crippen molar-refractivity contribution in [3.63, 3.8) is 0 Å². The van der Waals surface area contributed by atoms with E-state index >= 15 is 0 Å². The molecule has 0 saturated heterocycles. The van der Waals surface area contributed by atoms with E-state index in [4.69, 9.17) is 4.98 Å². The minimum absolute atomic E-state index is 0.0852. The zero-order chi connectivity index (χ0) is 19.8. The van der Waals surface area contributed by atoms with Crippen molar-refractivity contribution in [2.45, 2.75) is 25.0 Å². The average Bonchev–Trinajstić information content (AvgIpc) is 3.05. The third kappa shape index (κ3) is 3.36. The molecule has 0 N–H and O–H groups in total. The molecule has 0 amide bonds. The van der Waals surface area contributed by atoms with Crippen LogP contribution >= 0.6 is 23.1 Å². The van der Waals surface area contributed by atoms with E-state index in [1.54, 1.807) is 4.57 Å². The molecule has 0 unspecified atom stereocenters. The maximum absolute atomic E-state index is 13.1. The lowest BCUT2D eigenvalue weighted by Crippen LogP contribution is -2.24. The summed E-state index contributed by atoms with van der Waals surface area (Å²) in [6.07, 6.45) is 0. The molecule has 4 rings (SSSR count). The Morgan fingerprint density at radius 1 is 1.18 bits per heavy atom. The normalized spacial score (nSPS) is 11.6. The molecule has 0 fully saturated rings. The molecule has 0 atom stereocenters. The van der Waals surface area contributed by atoms with Gasteiger partial charge >= 0.3 is 0 Å². The molecule has 0 radical (unpaired) electrons. The molecule has 0 aliphatic carbocycles. The first-order valence-electron chi connectivity index (χ1n) is 8.81. The number of nitrogens with zero attached hydrogens (tertiary/aromatic N) is 2. The van der Waals surface area contributed by atoms with Crippen molar-refractivity contribution in [3.8, 4) is 0 Å². The molecule has 142 valence electrons. The maximum Gasteiger partial charge on any atom is 0.272 e. The Hall–Kier alpha value is -2.51. The summed E-state index contributed by atoms with van der Waals surface area (Å²) in [5.41, 5.74) is 1.03. The first kappa shape index (κ1) is 18.8. The number of thioether (sulfide) groups is 1. The lowest BCUT2D eigenvalue weighted by Gasteiger charge is -2.15. The number of Topliss-reactive ketones (excluding diaryl/α,β-unsaturated/α-hetero) is 1. The largest absolute Gasteiger partial charge is 0.293 e. The van der Waals surface area contributed by atoms with Crippen LogP contribution in [0.25, 0.3) is 20.3 Å². The number of thiophene rings is 1. The number of hydrogen-bond acceptors (Lipinski definition) is 5. The van der Waals surface area contributed by atoms with E-state index in [1.165, 1.54) is 47.4 Å². The highest BCUT2D eigenvalue weighted by molar-refractivity contribution is 7.99. The van der Waals surface area contributed by atoms with Crippen molar-refractivity contribution < 1.29 is 9.18 Å². The second-order valence-electron chi connectivity index (χ2n) is 6.66. The quantitative estimate of drug-likeness (QED) is 0.253. The highest BCUT2D eigenvalue weighted by atomic mass is 32.2. The first-order valence-corrected chi connectivity index (χ1v) is 10.6. The van der Waals surface area contributed by atoms with Crippen molar-refractivity contribution >= 4 is 49.2 Å². The van der Waals surface area contributed by atoms with E-state index < -0.39 is 0 Å². The van der Waals surface area contributed by atoms with E-state index in [2.05, 4.69) is 0 Å². The molecule has 2 aromatic heterocycles. The summed E-state index contributed by atoms with van der Waals surface area (Å²) in [6, 6.07) is 13.2. The zero-order valence-corrected chi connectivity index (χ0v) is 16.9. The highest BCUT2D eigenvalue weighted by Gasteiger charge is 2.19. The smallest absolute Gasteiger partial charge is 0.272 e. The van der Waals surface area contributed by atoms with E-state index in [9.17, 15) is 14.0 Å². The Labute approximate surface area is 169 Å². The van der Waals surface area contributed by atoms with E-state index in [1.807, 2.05) is 38.1 Å². The van der Waals surface area contributed by atoms with Gasteiger partial charge in [0.2, 0.25) is 0 Å². The standard InChI is InChI=1S/C21H17FN2O2S2/c1-12(2)24-20(26)19-18(15-5-3-4-6-17(15)28-19)23-21(24)27-11-16(25)13-7-9-14(22)10-8-13/h3-10,12H,11H2,1-2H3. The second kappa shape index (κ2) is 7.48. The molecule has 0 aliphatic heterocycles. The molecular formula is C21H17FN2O2S2. The van der Waals surface area contributed by atoms with Crippen LogP contribution in [0.15, 0.2) is 58.5 Å². The number of halogens is 1. The molecular weight excluding hydrogens is 395 g/mol. The van der Waals surface area contributed by atoms with Crippen LogP contribution in [0.3, 0.4) is 0 Å². The number of ketones is 1. The van der Waals surface area contributed by atoms with Crippen LogP contribution in [0.4, 0.5) is 4.39 Å². The van der Waals surface area contributed by atoms with Gasteiger partial charge < -0.3 is 0 Å². The van der Waals surface area contributed by atoms with Gasteiger partial charge in [-0.1, -0.05) is 30.0 Å². The lowest BCUT2D eigenvalue weighted by molar-refractivity contribution is 0.102. The lowest BCUT2D eigenvalue weighted by atomic mass is 10.1. The highest BCUT2D eigenvalue weighted by Crippen LogP contribution is 2.32. The molecule has 0 bridgehead atoms. The summed E-state index contributed by atoms with van der Waals surface area (Å²) in [4.78, 5) is 30.3. The number of benzene rings is 2. The van der Waals surface area contributed by atoms with Crippen LogP contribution in [-0.4, -0.2) is 21.1 Å². The molecule has 7 heteroatoms. The number of rotatable bonds is 5. The molecule has 2 aromatic carbocycles. The minimum Gasteiger partial charge on any atom is -0.293 e. The molecule has 4 nitrogen and oxygen atoms in total. The van der Waals surface area contributed by atoms with Crippen molar-refractivity contribution in [1.82, 2.24) is 9.55 Å². The average molecular weight is 413 g/mol. The van der Waals surface area contributed by atoms with Gasteiger partial charge in [-0.05, 0) is 44.2 Å². The Kier molecular flexibility index (Phi) is 5.03. The summed E-state index contributed by atoms with van der Waals surface area (Å²) in [7, 11) is 0. The maximum atomic E-state index is 13.1. The number of hydrogen-bond donors (Lipinski definition) is 0. The topological polar surface area (TPSA) is 52.0 Å². The number of carbonyl (C=O) groups excluding carboxylic acids is 1. The number of carbonyl (C=O) groups is 1. The molecule has 2 heterocycles. The van der Waals surface area contributed by atoms with Gasteiger partial charge in [0.05, 0.1) is 11.3 Å². The predicted molar refractivity (Wildman–Crippen MR) is 113 cm³/mol. The van der Waals surface area contributed by atoms with Gasteiger partial charge in [-0.2, -0.15) is 0 Å². The van der Waals surface area contributed by atoms with Gasteiger partial charge in [0.25, 0.3) is 5.56 Å². The Morgan fingerprint density at radius 3 is 2.61 bits per heavy atom. The fourth-order valence-electron chi connectivity index (χ4n) is 3.04. The fraction of sp³-hybridized carbons (Fsp3) is 0.190. The molecule has 0 spiro atoms. The Balaban J connectivity index is 1.75. The monoisotopic (exact) mass is 412 g/mol. The predicted octanol–water partition coefficient (Wildman–Crippen LogP) is 5.31. The van der Waals surface area contributed by atoms with Crippen LogP contribution in [0.5, 0.6) is 0 Å². The number of aromatic nitrogens is 2. The van der Waals surface area contributed by atoms with Crippen LogP contribution in [0.1, 0.15) is 30.2 Å². The molecule has 0 aliphatic rings. The molecule has 28 heavy (non-hydrogen) atoms. The third-order valence-corrected chi connectivity index (χ3v) is 6.51. The fourth-order valence-corrected chi connectivity index (χ4v) is 5.13. The summed E-state index contributed by atoms with van der Waals surface area (Å²) >= 11 is 2.68. The van der Waals surface area contributed by atoms with Gasteiger partial charge in [-0.25, -0.2) is 9.37 Å². The van der Waals surface area contributed by atoms with Gasteiger partial charge in [0.1, 0.15) is 10.5 Å². The van der Waals surface area contributed by atoms with Crippen molar-refractivity contribution in [2.75, 3.05) is 5.75 Å². The zero-order valence-electron chi connectivity index (χ0n) is 15.3. The first-order chi connectivity index (χ1) is 13.5. The van der Waals surface area contributed by atoms with Crippen LogP contribution < -0.4 is 5.56 Å². The second-order valence-corrected chi connectivity index (χ2v) is 8.65. The Bertz CT molecular complexity index is 1240. The van der Waals surface area contributed by atoms with Gasteiger partial charge in [-0.3, -0.25) is 14.2 Å². The van der Waals surface area contributed by atoms with Gasteiger partial charge in [0.15, 0.2) is 10.9 Å². The SMILES string of the molecule is CC(C)n1c(SCC(=O)c2ccc(F)cc2)nc2c(sc3ccccc32)c1=O. The van der Waals surface area contributed by atoms with Crippen molar-refractivity contribution in [1.29, 1.82) is 0 Å². The van der Waals surface area contributed by atoms with Crippen molar-refractivity contribution in [3.05, 3.63) is 70.3 Å². The summed E-state index contributed by atoms with van der Waals surface area (Å²) in [5.74, 6) is -0.391. The van der Waals surface area contributed by atoms with Gasteiger partial charge in [-0.15, -0.1) is 11.3 Å². The van der Waals surface area contributed by atoms with E-state index in [-0.39, 0.29) is 29.0 Å². The van der Waals surface area contributed by atoms with Crippen LogP contribution in [0.2, 0.25) is 0 Å². The van der Waals surface area contributed by atoms with Gasteiger partial charge in [0, 0.05) is 21.7 Å². The summed E-state index contributed by atoms with van der Waals surface area (Å²) in [6.45, 7) is 3.85. The summed E-state index contributed by atoms with van der Waals surface area (Å²) < 4.78 is 16.4. The number of fused-ring (bicyclic) bond motifs is 3. The van der Waals surface area contributed by atoms with E-state index in [0.717, 1.165) is 10.1 Å². The van der Waals surface area contributed by atoms with E-state index in [0.29, 0.717) is 20.9 Å². The third-order valence-electron chi connectivity index (χ3n) is 4.41. The summed E-state index contributed by atoms with van der Waals surface area (Å²) in [5, 5.41) is 1.47. The molecule has 4 aromatic rings. The van der Waals surface area contributed by atoms with Crippen molar-refractivity contribution in [2.24, 2.45) is 0 Å². The minimum atomic E-state index is -0.380. The molecule has 0 saturated carbocycles. The Morgan fingerprint density at radius 2 is 1.89 bits per heavy atom.